The Morgan fingerprint density at radius 3 is 2.57 bits per heavy atom. The standard InChI is InChI=1S/C17H17F3N2S/c1-11-7-12(2)16(23-10-17(18,19)20)8-15(11)22-13(3)14-5-4-6-21-9-14/h4-9H,10H2,1-3H3/b22-13+. The molecule has 1 heterocycles. The molecule has 0 fully saturated rings. The Bertz CT molecular complexity index is 710. The van der Waals surface area contributed by atoms with Gasteiger partial charge in [0.1, 0.15) is 0 Å². The van der Waals surface area contributed by atoms with Crippen molar-refractivity contribution in [2.45, 2.75) is 31.8 Å². The van der Waals surface area contributed by atoms with Crippen LogP contribution in [0.15, 0.2) is 46.5 Å². The van der Waals surface area contributed by atoms with Gasteiger partial charge in [0.15, 0.2) is 0 Å². The maximum absolute atomic E-state index is 12.4. The van der Waals surface area contributed by atoms with E-state index in [9.17, 15) is 13.2 Å². The van der Waals surface area contributed by atoms with Crippen LogP contribution in [-0.2, 0) is 0 Å². The molecule has 1 aromatic carbocycles. The first-order valence-corrected chi connectivity index (χ1v) is 8.01. The average Bonchev–Trinajstić information content (AvgIpc) is 2.48. The van der Waals surface area contributed by atoms with Crippen molar-refractivity contribution in [1.82, 2.24) is 4.98 Å². The lowest BCUT2D eigenvalue weighted by Gasteiger charge is -2.11. The minimum atomic E-state index is -4.18. The van der Waals surface area contributed by atoms with E-state index in [1.165, 1.54) is 0 Å². The molecule has 2 aromatic rings. The fourth-order valence-corrected chi connectivity index (χ4v) is 2.88. The lowest BCUT2D eigenvalue weighted by molar-refractivity contribution is -0.105. The predicted octanol–water partition coefficient (Wildman–Crippen LogP) is 5.49. The number of aliphatic imine (C=N–C) groups is 1. The van der Waals surface area contributed by atoms with Gasteiger partial charge in [0, 0.05) is 28.6 Å². The highest BCUT2D eigenvalue weighted by atomic mass is 32.2. The number of pyridine rings is 1. The summed E-state index contributed by atoms with van der Waals surface area (Å²) in [6, 6.07) is 7.31. The lowest BCUT2D eigenvalue weighted by atomic mass is 10.1. The molecule has 6 heteroatoms. The van der Waals surface area contributed by atoms with Crippen LogP contribution in [0.2, 0.25) is 0 Å². The van der Waals surface area contributed by atoms with Crippen LogP contribution in [0.4, 0.5) is 18.9 Å². The van der Waals surface area contributed by atoms with Crippen molar-refractivity contribution < 1.29 is 13.2 Å². The summed E-state index contributed by atoms with van der Waals surface area (Å²) in [4.78, 5) is 9.21. The Kier molecular flexibility index (Phi) is 5.46. The van der Waals surface area contributed by atoms with Crippen LogP contribution in [0.1, 0.15) is 23.6 Å². The van der Waals surface area contributed by atoms with Gasteiger partial charge in [-0.2, -0.15) is 13.2 Å². The summed E-state index contributed by atoms with van der Waals surface area (Å²) < 4.78 is 37.3. The van der Waals surface area contributed by atoms with Gasteiger partial charge in [0.05, 0.1) is 11.4 Å². The van der Waals surface area contributed by atoms with Crippen LogP contribution < -0.4 is 0 Å². The van der Waals surface area contributed by atoms with Crippen LogP contribution >= 0.6 is 11.8 Å². The summed E-state index contributed by atoms with van der Waals surface area (Å²) in [5.41, 5.74) is 4.10. The van der Waals surface area contributed by atoms with E-state index in [-0.39, 0.29) is 0 Å². The first-order chi connectivity index (χ1) is 10.8. The number of thioether (sulfide) groups is 1. The van der Waals surface area contributed by atoms with Crippen molar-refractivity contribution >= 4 is 23.2 Å². The van der Waals surface area contributed by atoms with E-state index < -0.39 is 11.9 Å². The number of hydrogen-bond donors (Lipinski definition) is 0. The third-order valence-corrected chi connectivity index (χ3v) is 4.47. The molecule has 0 bridgehead atoms. The van der Waals surface area contributed by atoms with Crippen molar-refractivity contribution in [3.8, 4) is 0 Å². The fraction of sp³-hybridized carbons (Fsp3) is 0.294. The van der Waals surface area contributed by atoms with Crippen molar-refractivity contribution in [2.75, 3.05) is 5.75 Å². The molecule has 122 valence electrons. The van der Waals surface area contributed by atoms with E-state index in [4.69, 9.17) is 0 Å². The van der Waals surface area contributed by atoms with Gasteiger partial charge in [0.2, 0.25) is 0 Å². The molecule has 0 saturated heterocycles. The normalized spacial score (nSPS) is 12.5. The molecule has 2 rings (SSSR count). The average molecular weight is 338 g/mol. The summed E-state index contributed by atoms with van der Waals surface area (Å²) in [7, 11) is 0. The minimum absolute atomic E-state index is 0.602. The Hall–Kier alpha value is -1.82. The van der Waals surface area contributed by atoms with E-state index in [2.05, 4.69) is 9.98 Å². The minimum Gasteiger partial charge on any atom is -0.264 e. The van der Waals surface area contributed by atoms with Crippen molar-refractivity contribution in [3.05, 3.63) is 53.3 Å². The SMILES string of the molecule is C/C(=N\c1cc(SCC(F)(F)F)c(C)cc1C)c1cccnc1. The van der Waals surface area contributed by atoms with Gasteiger partial charge in [-0.05, 0) is 44.0 Å². The number of aromatic nitrogens is 1. The Morgan fingerprint density at radius 1 is 1.22 bits per heavy atom. The Labute approximate surface area is 137 Å². The molecule has 0 atom stereocenters. The van der Waals surface area contributed by atoms with Gasteiger partial charge in [-0.3, -0.25) is 9.98 Å². The Morgan fingerprint density at radius 2 is 1.96 bits per heavy atom. The van der Waals surface area contributed by atoms with E-state index in [1.54, 1.807) is 18.5 Å². The molecule has 2 nitrogen and oxygen atoms in total. The van der Waals surface area contributed by atoms with E-state index in [0.717, 1.165) is 34.2 Å². The highest BCUT2D eigenvalue weighted by molar-refractivity contribution is 7.99. The number of halogens is 3. The van der Waals surface area contributed by atoms with Crippen LogP contribution in [0, 0.1) is 13.8 Å². The second kappa shape index (κ2) is 7.17. The highest BCUT2D eigenvalue weighted by Crippen LogP contribution is 2.34. The summed E-state index contributed by atoms with van der Waals surface area (Å²) in [5.74, 6) is -0.901. The van der Waals surface area contributed by atoms with E-state index in [0.29, 0.717) is 10.6 Å². The maximum Gasteiger partial charge on any atom is 0.398 e. The van der Waals surface area contributed by atoms with E-state index in [1.807, 2.05) is 39.0 Å². The van der Waals surface area contributed by atoms with Crippen LogP contribution in [0.3, 0.4) is 0 Å². The topological polar surface area (TPSA) is 25.2 Å². The molecule has 0 spiro atoms. The zero-order valence-corrected chi connectivity index (χ0v) is 13.9. The molecule has 0 N–H and O–H groups in total. The first kappa shape index (κ1) is 17.5. The molecule has 0 aliphatic carbocycles. The van der Waals surface area contributed by atoms with Gasteiger partial charge in [-0.25, -0.2) is 0 Å². The zero-order valence-electron chi connectivity index (χ0n) is 13.1. The maximum atomic E-state index is 12.4. The van der Waals surface area contributed by atoms with Gasteiger partial charge < -0.3 is 0 Å². The summed E-state index contributed by atoms with van der Waals surface area (Å²) in [5, 5.41) is 0. The molecule has 0 radical (unpaired) electrons. The van der Waals surface area contributed by atoms with Gasteiger partial charge in [0.25, 0.3) is 0 Å². The molecule has 0 unspecified atom stereocenters. The number of nitrogens with zero attached hydrogens (tertiary/aromatic N) is 2. The number of hydrogen-bond acceptors (Lipinski definition) is 3. The van der Waals surface area contributed by atoms with Gasteiger partial charge in [-0.15, -0.1) is 11.8 Å². The molecule has 23 heavy (non-hydrogen) atoms. The van der Waals surface area contributed by atoms with Crippen LogP contribution in [0.25, 0.3) is 0 Å². The summed E-state index contributed by atoms with van der Waals surface area (Å²) >= 11 is 0.793. The second-order valence-corrected chi connectivity index (χ2v) is 6.26. The van der Waals surface area contributed by atoms with E-state index >= 15 is 0 Å². The fourth-order valence-electron chi connectivity index (χ4n) is 2.08. The smallest absolute Gasteiger partial charge is 0.264 e. The molecular weight excluding hydrogens is 321 g/mol. The van der Waals surface area contributed by atoms with Crippen LogP contribution in [-0.4, -0.2) is 22.6 Å². The molecule has 1 aromatic heterocycles. The predicted molar refractivity (Wildman–Crippen MR) is 88.8 cm³/mol. The molecular formula is C17H17F3N2S. The highest BCUT2D eigenvalue weighted by Gasteiger charge is 2.27. The summed E-state index contributed by atoms with van der Waals surface area (Å²) in [6.45, 7) is 5.58. The third-order valence-electron chi connectivity index (χ3n) is 3.25. The van der Waals surface area contributed by atoms with Gasteiger partial charge >= 0.3 is 6.18 Å². The largest absolute Gasteiger partial charge is 0.398 e. The van der Waals surface area contributed by atoms with Crippen molar-refractivity contribution in [2.24, 2.45) is 4.99 Å². The first-order valence-electron chi connectivity index (χ1n) is 7.03. The van der Waals surface area contributed by atoms with Crippen LogP contribution in [0.5, 0.6) is 0 Å². The summed E-state index contributed by atoms with van der Waals surface area (Å²) in [6.07, 6.45) is -0.793. The van der Waals surface area contributed by atoms with Crippen molar-refractivity contribution in [3.63, 3.8) is 0 Å². The molecule has 0 aliphatic rings. The third kappa shape index (κ3) is 5.10. The molecule has 0 amide bonds. The molecule has 0 saturated carbocycles. The quantitative estimate of drug-likeness (QED) is 0.544. The number of benzene rings is 1. The molecule has 0 aliphatic heterocycles. The number of rotatable bonds is 4. The zero-order chi connectivity index (χ0) is 17.0. The number of aryl methyl sites for hydroxylation is 2. The van der Waals surface area contributed by atoms with Gasteiger partial charge in [-0.1, -0.05) is 12.1 Å². The Balaban J connectivity index is 2.32. The second-order valence-electron chi connectivity index (χ2n) is 5.25. The van der Waals surface area contributed by atoms with Crippen molar-refractivity contribution in [1.29, 1.82) is 0 Å². The monoisotopic (exact) mass is 338 g/mol. The lowest BCUT2D eigenvalue weighted by Crippen LogP contribution is -2.10. The number of alkyl halides is 3.